The van der Waals surface area contributed by atoms with E-state index in [4.69, 9.17) is 5.11 Å². The minimum atomic E-state index is -0.767. The molecular weight excluding hydrogens is 144 g/mol. The highest BCUT2D eigenvalue weighted by Crippen LogP contribution is 2.29. The molecule has 1 fully saturated rings. The lowest BCUT2D eigenvalue weighted by Crippen LogP contribution is -2.34. The number of aliphatic hydroxyl groups is 1. The van der Waals surface area contributed by atoms with E-state index in [1.165, 1.54) is 0 Å². The molecule has 2 N–H and O–H groups in total. The first kappa shape index (κ1) is 8.53. The molecular formula is C8H14O3. The fraction of sp³-hybridized carbons (Fsp3) is 0.875. The Kier molecular flexibility index (Phi) is 2.49. The van der Waals surface area contributed by atoms with Gasteiger partial charge in [-0.05, 0) is 25.2 Å². The van der Waals surface area contributed by atoms with Crippen LogP contribution in [-0.4, -0.2) is 22.3 Å². The molecule has 1 aliphatic carbocycles. The molecule has 0 radical (unpaired) electrons. The maximum absolute atomic E-state index is 10.6. The van der Waals surface area contributed by atoms with Crippen molar-refractivity contribution >= 4 is 5.97 Å². The molecule has 3 atom stereocenters. The number of rotatable bonds is 1. The van der Waals surface area contributed by atoms with Crippen LogP contribution in [0.4, 0.5) is 0 Å². The first-order chi connectivity index (χ1) is 5.13. The fourth-order valence-electron chi connectivity index (χ4n) is 1.69. The maximum Gasteiger partial charge on any atom is 0.306 e. The van der Waals surface area contributed by atoms with Crippen molar-refractivity contribution in [2.45, 2.75) is 32.3 Å². The van der Waals surface area contributed by atoms with E-state index in [0.717, 1.165) is 12.8 Å². The van der Waals surface area contributed by atoms with Gasteiger partial charge in [-0.15, -0.1) is 0 Å². The van der Waals surface area contributed by atoms with Crippen LogP contribution in [0.15, 0.2) is 0 Å². The average Bonchev–Trinajstić information content (AvgIpc) is 1.94. The predicted octanol–water partition coefficient (Wildman–Crippen LogP) is 0.868. The molecule has 0 saturated heterocycles. The van der Waals surface area contributed by atoms with Crippen LogP contribution < -0.4 is 0 Å². The number of hydrogen-bond acceptors (Lipinski definition) is 2. The van der Waals surface area contributed by atoms with Gasteiger partial charge in [0, 0.05) is 0 Å². The van der Waals surface area contributed by atoms with Crippen LogP contribution in [0.1, 0.15) is 26.2 Å². The zero-order chi connectivity index (χ0) is 8.43. The summed E-state index contributed by atoms with van der Waals surface area (Å²) in [6.45, 7) is 1.81. The summed E-state index contributed by atoms with van der Waals surface area (Å²) in [5.74, 6) is -1.18. The molecule has 0 bridgehead atoms. The summed E-state index contributed by atoms with van der Waals surface area (Å²) >= 11 is 0. The number of aliphatic carboxylic acids is 1. The van der Waals surface area contributed by atoms with Gasteiger partial charge in [0.15, 0.2) is 0 Å². The van der Waals surface area contributed by atoms with E-state index in [2.05, 4.69) is 0 Å². The summed E-state index contributed by atoms with van der Waals surface area (Å²) in [6, 6.07) is 0. The highest BCUT2D eigenvalue weighted by atomic mass is 16.4. The molecule has 0 aromatic carbocycles. The van der Waals surface area contributed by atoms with Crippen LogP contribution in [0, 0.1) is 11.8 Å². The monoisotopic (exact) mass is 158 g/mol. The Morgan fingerprint density at radius 1 is 1.45 bits per heavy atom. The zero-order valence-corrected chi connectivity index (χ0v) is 6.66. The maximum atomic E-state index is 10.6. The lowest BCUT2D eigenvalue weighted by Gasteiger charge is -2.29. The van der Waals surface area contributed by atoms with Gasteiger partial charge in [-0.1, -0.05) is 6.92 Å². The minimum absolute atomic E-state index is 0.0822. The summed E-state index contributed by atoms with van der Waals surface area (Å²) in [6.07, 6.45) is 1.89. The summed E-state index contributed by atoms with van der Waals surface area (Å²) in [5.41, 5.74) is 0. The van der Waals surface area contributed by atoms with E-state index < -0.39 is 12.1 Å². The Bertz CT molecular complexity index is 155. The van der Waals surface area contributed by atoms with Gasteiger partial charge < -0.3 is 10.2 Å². The number of carbonyl (C=O) groups is 1. The van der Waals surface area contributed by atoms with Gasteiger partial charge in [-0.3, -0.25) is 4.79 Å². The number of aliphatic hydroxyl groups excluding tert-OH is 1. The minimum Gasteiger partial charge on any atom is -0.481 e. The molecule has 11 heavy (non-hydrogen) atoms. The third kappa shape index (κ3) is 1.71. The van der Waals surface area contributed by atoms with E-state index in [-0.39, 0.29) is 11.8 Å². The molecule has 3 heteroatoms. The second kappa shape index (κ2) is 3.22. The van der Waals surface area contributed by atoms with Crippen molar-refractivity contribution in [2.24, 2.45) is 11.8 Å². The molecule has 0 amide bonds. The lowest BCUT2D eigenvalue weighted by molar-refractivity contribution is -0.147. The predicted molar refractivity (Wildman–Crippen MR) is 40.1 cm³/mol. The van der Waals surface area contributed by atoms with Gasteiger partial charge in [-0.2, -0.15) is 0 Å². The Hall–Kier alpha value is -0.570. The molecule has 0 heterocycles. The van der Waals surface area contributed by atoms with E-state index in [0.29, 0.717) is 6.42 Å². The third-order valence-corrected chi connectivity index (χ3v) is 2.57. The molecule has 3 unspecified atom stereocenters. The summed E-state index contributed by atoms with van der Waals surface area (Å²) in [4.78, 5) is 10.6. The van der Waals surface area contributed by atoms with E-state index in [1.807, 2.05) is 6.92 Å². The average molecular weight is 158 g/mol. The quantitative estimate of drug-likeness (QED) is 0.595. The molecule has 64 valence electrons. The normalized spacial score (nSPS) is 38.5. The second-order valence-corrected chi connectivity index (χ2v) is 3.30. The molecule has 3 nitrogen and oxygen atoms in total. The molecule has 1 saturated carbocycles. The Labute approximate surface area is 66.0 Å². The van der Waals surface area contributed by atoms with E-state index >= 15 is 0 Å². The Morgan fingerprint density at radius 3 is 2.55 bits per heavy atom. The molecule has 0 spiro atoms. The van der Waals surface area contributed by atoms with Gasteiger partial charge in [0.25, 0.3) is 0 Å². The molecule has 1 rings (SSSR count). The summed E-state index contributed by atoms with van der Waals surface area (Å²) < 4.78 is 0. The van der Waals surface area contributed by atoms with Crippen molar-refractivity contribution in [1.82, 2.24) is 0 Å². The number of carboxylic acid groups (broad SMARTS) is 1. The van der Waals surface area contributed by atoms with Crippen LogP contribution in [0.2, 0.25) is 0 Å². The standard InChI is InChI=1S/C8H14O3/c1-5-6(8(10)11)3-2-4-7(5)9/h5-7,9H,2-4H2,1H3,(H,10,11). The van der Waals surface area contributed by atoms with Crippen molar-refractivity contribution in [1.29, 1.82) is 0 Å². The van der Waals surface area contributed by atoms with Crippen molar-refractivity contribution in [2.75, 3.05) is 0 Å². The first-order valence-electron chi connectivity index (χ1n) is 4.04. The van der Waals surface area contributed by atoms with Crippen molar-refractivity contribution in [3.05, 3.63) is 0 Å². The first-order valence-corrected chi connectivity index (χ1v) is 4.04. The van der Waals surface area contributed by atoms with Crippen LogP contribution in [-0.2, 0) is 4.79 Å². The van der Waals surface area contributed by atoms with Gasteiger partial charge >= 0.3 is 5.97 Å². The van der Waals surface area contributed by atoms with Crippen LogP contribution in [0.3, 0.4) is 0 Å². The van der Waals surface area contributed by atoms with Crippen LogP contribution >= 0.6 is 0 Å². The van der Waals surface area contributed by atoms with Crippen LogP contribution in [0.5, 0.6) is 0 Å². The fourth-order valence-corrected chi connectivity index (χ4v) is 1.69. The summed E-state index contributed by atoms with van der Waals surface area (Å²) in [5, 5.41) is 18.0. The smallest absolute Gasteiger partial charge is 0.306 e. The second-order valence-electron chi connectivity index (χ2n) is 3.30. The van der Waals surface area contributed by atoms with Crippen molar-refractivity contribution in [3.8, 4) is 0 Å². The Morgan fingerprint density at radius 2 is 2.09 bits per heavy atom. The van der Waals surface area contributed by atoms with Gasteiger partial charge in [0.2, 0.25) is 0 Å². The third-order valence-electron chi connectivity index (χ3n) is 2.57. The number of carboxylic acids is 1. The largest absolute Gasteiger partial charge is 0.481 e. The summed E-state index contributed by atoms with van der Waals surface area (Å²) in [7, 11) is 0. The molecule has 1 aliphatic rings. The topological polar surface area (TPSA) is 57.5 Å². The van der Waals surface area contributed by atoms with Gasteiger partial charge in [-0.25, -0.2) is 0 Å². The Balaban J connectivity index is 2.58. The molecule has 0 aromatic rings. The lowest BCUT2D eigenvalue weighted by atomic mass is 9.78. The van der Waals surface area contributed by atoms with E-state index in [1.54, 1.807) is 0 Å². The van der Waals surface area contributed by atoms with E-state index in [9.17, 15) is 9.90 Å². The van der Waals surface area contributed by atoms with Gasteiger partial charge in [0.1, 0.15) is 0 Å². The zero-order valence-electron chi connectivity index (χ0n) is 6.66. The number of hydrogen-bond donors (Lipinski definition) is 2. The highest BCUT2D eigenvalue weighted by molar-refractivity contribution is 5.70. The van der Waals surface area contributed by atoms with Crippen molar-refractivity contribution in [3.63, 3.8) is 0 Å². The van der Waals surface area contributed by atoms with Gasteiger partial charge in [0.05, 0.1) is 12.0 Å². The molecule has 0 aromatic heterocycles. The molecule has 0 aliphatic heterocycles. The SMILES string of the molecule is CC1C(O)CCCC1C(=O)O. The van der Waals surface area contributed by atoms with Crippen molar-refractivity contribution < 1.29 is 15.0 Å². The highest BCUT2D eigenvalue weighted by Gasteiger charge is 2.32. The van der Waals surface area contributed by atoms with Crippen LogP contribution in [0.25, 0.3) is 0 Å².